The number of nitriles is 1. The zero-order valence-electron chi connectivity index (χ0n) is 14.3. The van der Waals surface area contributed by atoms with Crippen LogP contribution in [0.25, 0.3) is 0 Å². The Morgan fingerprint density at radius 2 is 2.09 bits per heavy atom. The molecule has 1 saturated heterocycles. The van der Waals surface area contributed by atoms with Crippen LogP contribution in [0.15, 0.2) is 23.2 Å². The molecule has 2 aliphatic rings. The smallest absolute Gasteiger partial charge is 0.293 e. The van der Waals surface area contributed by atoms with Crippen molar-refractivity contribution >= 4 is 11.7 Å². The summed E-state index contributed by atoms with van der Waals surface area (Å²) in [6.45, 7) is 7.23. The number of aryl methyl sites for hydroxylation is 1. The van der Waals surface area contributed by atoms with Gasteiger partial charge in [0.15, 0.2) is 0 Å². The van der Waals surface area contributed by atoms with E-state index in [2.05, 4.69) is 31.7 Å². The topological polar surface area (TPSA) is 48.6 Å². The molecule has 1 saturated carbocycles. The van der Waals surface area contributed by atoms with E-state index in [9.17, 15) is 0 Å². The van der Waals surface area contributed by atoms with Crippen LogP contribution in [0.3, 0.4) is 0 Å². The maximum absolute atomic E-state index is 9.07. The molecule has 4 nitrogen and oxygen atoms in total. The van der Waals surface area contributed by atoms with Crippen molar-refractivity contribution in [3.05, 3.63) is 29.3 Å². The Balaban J connectivity index is 1.96. The molecule has 0 bridgehead atoms. The molecule has 0 aromatic heterocycles. The minimum Gasteiger partial charge on any atom is -0.462 e. The Labute approximate surface area is 138 Å². The van der Waals surface area contributed by atoms with Gasteiger partial charge in [-0.2, -0.15) is 10.3 Å². The van der Waals surface area contributed by atoms with Gasteiger partial charge in [-0.25, -0.2) is 0 Å². The summed E-state index contributed by atoms with van der Waals surface area (Å²) in [6.07, 6.45) is 5.89. The Morgan fingerprint density at radius 3 is 2.74 bits per heavy atom. The van der Waals surface area contributed by atoms with Gasteiger partial charge in [0.25, 0.3) is 6.02 Å². The van der Waals surface area contributed by atoms with Crippen molar-refractivity contribution in [3.63, 3.8) is 0 Å². The van der Waals surface area contributed by atoms with Gasteiger partial charge in [0.2, 0.25) is 0 Å². The zero-order chi connectivity index (χ0) is 16.4. The molecule has 0 N–H and O–H groups in total. The quantitative estimate of drug-likeness (QED) is 0.842. The van der Waals surface area contributed by atoms with Crippen molar-refractivity contribution in [1.29, 1.82) is 5.26 Å². The van der Waals surface area contributed by atoms with Crippen LogP contribution in [0.4, 0.5) is 5.69 Å². The summed E-state index contributed by atoms with van der Waals surface area (Å²) in [4.78, 5) is 7.22. The highest BCUT2D eigenvalue weighted by Crippen LogP contribution is 2.35. The number of nitrogens with zero attached hydrogens (tertiary/aromatic N) is 3. The van der Waals surface area contributed by atoms with Gasteiger partial charge in [0, 0.05) is 6.04 Å². The first-order valence-corrected chi connectivity index (χ1v) is 8.59. The van der Waals surface area contributed by atoms with E-state index in [1.165, 1.54) is 25.7 Å². The first-order chi connectivity index (χ1) is 11.0. The number of hydrogen-bond acceptors (Lipinski definition) is 3. The second-order valence-corrected chi connectivity index (χ2v) is 7.11. The minimum atomic E-state index is -0.00713. The molecular formula is C19H25N3O. The van der Waals surface area contributed by atoms with E-state index in [1.807, 2.05) is 18.2 Å². The summed E-state index contributed by atoms with van der Waals surface area (Å²) in [5.41, 5.74) is 2.69. The van der Waals surface area contributed by atoms with Gasteiger partial charge in [0.1, 0.15) is 6.61 Å². The third-order valence-corrected chi connectivity index (χ3v) is 4.91. The monoisotopic (exact) mass is 311 g/mol. The van der Waals surface area contributed by atoms with E-state index >= 15 is 0 Å². The van der Waals surface area contributed by atoms with Crippen LogP contribution < -0.4 is 0 Å². The molecular weight excluding hydrogens is 286 g/mol. The Morgan fingerprint density at radius 1 is 1.35 bits per heavy atom. The van der Waals surface area contributed by atoms with Crippen molar-refractivity contribution in [2.24, 2.45) is 4.99 Å². The van der Waals surface area contributed by atoms with E-state index in [0.717, 1.165) is 23.7 Å². The molecule has 1 aromatic carbocycles. The second kappa shape index (κ2) is 6.23. The number of aliphatic imine (C=N–C) groups is 1. The van der Waals surface area contributed by atoms with Gasteiger partial charge < -0.3 is 9.64 Å². The molecule has 3 rings (SSSR count). The van der Waals surface area contributed by atoms with Gasteiger partial charge in [-0.1, -0.05) is 19.8 Å². The summed E-state index contributed by atoms with van der Waals surface area (Å²) in [5.74, 6) is 0. The summed E-state index contributed by atoms with van der Waals surface area (Å²) in [6, 6.07) is 9.19. The summed E-state index contributed by atoms with van der Waals surface area (Å²) in [7, 11) is 0. The molecule has 2 fully saturated rings. The number of amidine groups is 1. The predicted octanol–water partition coefficient (Wildman–Crippen LogP) is 4.16. The predicted molar refractivity (Wildman–Crippen MR) is 91.8 cm³/mol. The van der Waals surface area contributed by atoms with Crippen LogP contribution >= 0.6 is 0 Å². The third kappa shape index (κ3) is 3.06. The van der Waals surface area contributed by atoms with E-state index in [1.54, 1.807) is 0 Å². The maximum atomic E-state index is 9.07. The molecule has 0 radical (unpaired) electrons. The van der Waals surface area contributed by atoms with E-state index in [0.29, 0.717) is 18.2 Å². The summed E-state index contributed by atoms with van der Waals surface area (Å²) in [5, 5.41) is 9.07. The number of rotatable bonds is 3. The largest absolute Gasteiger partial charge is 0.462 e. The Bertz CT molecular complexity index is 651. The molecule has 1 heterocycles. The second-order valence-electron chi connectivity index (χ2n) is 7.11. The third-order valence-electron chi connectivity index (χ3n) is 4.91. The van der Waals surface area contributed by atoms with Crippen LogP contribution in [-0.2, 0) is 11.2 Å². The molecule has 0 atom stereocenters. The molecule has 0 amide bonds. The average molecular weight is 311 g/mol. The Hall–Kier alpha value is -2.02. The number of benzene rings is 1. The average Bonchev–Trinajstić information content (AvgIpc) is 3.15. The van der Waals surface area contributed by atoms with Gasteiger partial charge >= 0.3 is 0 Å². The van der Waals surface area contributed by atoms with Crippen molar-refractivity contribution in [3.8, 4) is 6.07 Å². The maximum Gasteiger partial charge on any atom is 0.293 e. The molecule has 1 aromatic rings. The standard InChI is InChI=1S/C19H25N3O/c1-4-15-11-14(12-20)9-10-17(15)21-18-22(16-7-5-6-8-16)19(2,3)13-23-18/h9-11,16H,4-8,13H2,1-3H3. The number of hydrogen-bond donors (Lipinski definition) is 0. The number of ether oxygens (including phenoxy) is 1. The van der Waals surface area contributed by atoms with Crippen LogP contribution in [0.1, 0.15) is 57.6 Å². The van der Waals surface area contributed by atoms with Crippen molar-refractivity contribution < 1.29 is 4.74 Å². The summed E-state index contributed by atoms with van der Waals surface area (Å²) < 4.78 is 5.96. The molecule has 1 aliphatic carbocycles. The van der Waals surface area contributed by atoms with Crippen molar-refractivity contribution in [2.45, 2.75) is 64.5 Å². The molecule has 0 spiro atoms. The van der Waals surface area contributed by atoms with Gasteiger partial charge in [-0.3, -0.25) is 0 Å². The lowest BCUT2D eigenvalue weighted by Gasteiger charge is -2.35. The lowest BCUT2D eigenvalue weighted by atomic mass is 10.0. The van der Waals surface area contributed by atoms with Gasteiger partial charge in [-0.15, -0.1) is 0 Å². The minimum absolute atomic E-state index is 0.00713. The highest BCUT2D eigenvalue weighted by atomic mass is 16.5. The van der Waals surface area contributed by atoms with Crippen LogP contribution in [-0.4, -0.2) is 29.1 Å². The van der Waals surface area contributed by atoms with E-state index in [4.69, 9.17) is 15.0 Å². The highest BCUT2D eigenvalue weighted by Gasteiger charge is 2.43. The first-order valence-electron chi connectivity index (χ1n) is 8.59. The lowest BCUT2D eigenvalue weighted by Crippen LogP contribution is -2.47. The summed E-state index contributed by atoms with van der Waals surface area (Å²) >= 11 is 0. The first kappa shape index (κ1) is 15.9. The van der Waals surface area contributed by atoms with E-state index in [-0.39, 0.29) is 5.54 Å². The normalized spacial score (nSPS) is 22.3. The lowest BCUT2D eigenvalue weighted by molar-refractivity contribution is 0.180. The van der Waals surface area contributed by atoms with Crippen LogP contribution in [0, 0.1) is 11.3 Å². The van der Waals surface area contributed by atoms with Gasteiger partial charge in [-0.05, 0) is 56.9 Å². The highest BCUT2D eigenvalue weighted by molar-refractivity contribution is 5.81. The Kier molecular flexibility index (Phi) is 4.30. The van der Waals surface area contributed by atoms with Crippen LogP contribution in [0.2, 0.25) is 0 Å². The molecule has 1 aliphatic heterocycles. The van der Waals surface area contributed by atoms with Crippen molar-refractivity contribution in [1.82, 2.24) is 4.90 Å². The van der Waals surface area contributed by atoms with Crippen molar-refractivity contribution in [2.75, 3.05) is 6.61 Å². The molecule has 23 heavy (non-hydrogen) atoms. The SMILES string of the molecule is CCc1cc(C#N)ccc1N=C1OCC(C)(C)N1C1CCCC1. The molecule has 4 heteroatoms. The fourth-order valence-electron chi connectivity index (χ4n) is 3.69. The molecule has 122 valence electrons. The van der Waals surface area contributed by atoms with Gasteiger partial charge in [0.05, 0.1) is 22.9 Å². The zero-order valence-corrected chi connectivity index (χ0v) is 14.3. The van der Waals surface area contributed by atoms with Crippen LogP contribution in [0.5, 0.6) is 0 Å². The fraction of sp³-hybridized carbons (Fsp3) is 0.579. The fourth-order valence-corrected chi connectivity index (χ4v) is 3.69. The van der Waals surface area contributed by atoms with E-state index < -0.39 is 0 Å². The molecule has 0 unspecified atom stereocenters.